The van der Waals surface area contributed by atoms with Crippen LogP contribution in [-0.4, -0.2) is 48.5 Å². The van der Waals surface area contributed by atoms with E-state index in [1.807, 2.05) is 0 Å². The average Bonchev–Trinajstić information content (AvgIpc) is 2.82. The smallest absolute Gasteiger partial charge is 0.275 e. The highest BCUT2D eigenvalue weighted by Gasteiger charge is 2.36. The molecule has 9 heteroatoms. The summed E-state index contributed by atoms with van der Waals surface area (Å²) in [5.74, 6) is 0.161. The van der Waals surface area contributed by atoms with Crippen molar-refractivity contribution in [2.24, 2.45) is 0 Å². The molecule has 3 rings (SSSR count). The lowest BCUT2D eigenvalue weighted by molar-refractivity contribution is -0.0442. The van der Waals surface area contributed by atoms with Gasteiger partial charge in [-0.15, -0.1) is 0 Å². The fourth-order valence-electron chi connectivity index (χ4n) is 2.46. The molecule has 2 aromatic rings. The Morgan fingerprint density at radius 1 is 1.52 bits per heavy atom. The minimum atomic E-state index is -0.852. The highest BCUT2D eigenvalue weighted by Crippen LogP contribution is 2.29. The van der Waals surface area contributed by atoms with Crippen molar-refractivity contribution in [2.75, 3.05) is 12.3 Å². The molecule has 1 saturated heterocycles. The van der Waals surface area contributed by atoms with Gasteiger partial charge in [0, 0.05) is 6.42 Å². The molecule has 0 spiro atoms. The summed E-state index contributed by atoms with van der Waals surface area (Å²) in [5.41, 5.74) is 6.17. The molecule has 0 amide bonds. The van der Waals surface area contributed by atoms with Gasteiger partial charge in [-0.3, -0.25) is 9.36 Å². The summed E-state index contributed by atoms with van der Waals surface area (Å²) in [6.07, 6.45) is -0.907. The van der Waals surface area contributed by atoms with Crippen LogP contribution >= 0.6 is 0 Å². The normalized spacial score (nSPS) is 25.6. The number of hydrogen-bond acceptors (Lipinski definition) is 8. The van der Waals surface area contributed by atoms with Crippen molar-refractivity contribution < 1.29 is 14.9 Å². The number of aliphatic hydroxyl groups excluding tert-OH is 2. The van der Waals surface area contributed by atoms with Crippen LogP contribution in [0.3, 0.4) is 0 Å². The molecule has 4 N–H and O–H groups in total. The largest absolute Gasteiger partial charge is 0.394 e. The van der Waals surface area contributed by atoms with Crippen molar-refractivity contribution in [3.63, 3.8) is 0 Å². The third kappa shape index (κ3) is 2.15. The number of rotatable bonds is 2. The maximum Gasteiger partial charge on any atom is 0.275 e. The van der Waals surface area contributed by atoms with Crippen molar-refractivity contribution >= 4 is 17.0 Å². The molecule has 0 aliphatic carbocycles. The van der Waals surface area contributed by atoms with E-state index in [1.54, 1.807) is 6.92 Å². The molecule has 1 fully saturated rings. The van der Waals surface area contributed by atoms with Crippen molar-refractivity contribution in [1.29, 1.82) is 0 Å². The molecule has 9 nitrogen and oxygen atoms in total. The van der Waals surface area contributed by atoms with Crippen LogP contribution in [-0.2, 0) is 4.74 Å². The molecule has 0 radical (unpaired) electrons. The lowest BCUT2D eigenvalue weighted by Gasteiger charge is -2.17. The first-order valence-electron chi connectivity index (χ1n) is 6.46. The van der Waals surface area contributed by atoms with Crippen LogP contribution in [0, 0.1) is 6.92 Å². The molecule has 0 aromatic carbocycles. The molecule has 2 aromatic heterocycles. The van der Waals surface area contributed by atoms with Crippen LogP contribution in [0.5, 0.6) is 0 Å². The van der Waals surface area contributed by atoms with Gasteiger partial charge in [0.1, 0.15) is 29.9 Å². The van der Waals surface area contributed by atoms with Gasteiger partial charge in [0.05, 0.1) is 12.7 Å². The van der Waals surface area contributed by atoms with Crippen LogP contribution < -0.4 is 11.3 Å². The number of aromatic nitrogens is 4. The Bertz CT molecular complexity index is 746. The van der Waals surface area contributed by atoms with Crippen LogP contribution in [0.1, 0.15) is 18.3 Å². The molecule has 1 aliphatic heterocycles. The topological polar surface area (TPSA) is 136 Å². The van der Waals surface area contributed by atoms with Gasteiger partial charge in [-0.2, -0.15) is 0 Å². The Hall–Kier alpha value is -2.10. The summed E-state index contributed by atoms with van der Waals surface area (Å²) in [7, 11) is 0. The maximum atomic E-state index is 12.4. The first kappa shape index (κ1) is 13.9. The van der Waals surface area contributed by atoms with Gasteiger partial charge in [-0.25, -0.2) is 15.0 Å². The second kappa shape index (κ2) is 5.02. The number of aliphatic hydroxyl groups is 2. The summed E-state index contributed by atoms with van der Waals surface area (Å²) >= 11 is 0. The zero-order chi connectivity index (χ0) is 15.1. The number of ether oxygens (including phenoxy) is 1. The number of nitrogen functional groups attached to an aromatic ring is 1. The van der Waals surface area contributed by atoms with E-state index in [0.29, 0.717) is 5.52 Å². The summed E-state index contributed by atoms with van der Waals surface area (Å²) < 4.78 is 6.83. The van der Waals surface area contributed by atoms with Crippen molar-refractivity contribution in [3.8, 4) is 0 Å². The average molecular weight is 293 g/mol. The number of nitrogens with zero attached hydrogens (tertiary/aromatic N) is 4. The Morgan fingerprint density at radius 2 is 2.29 bits per heavy atom. The number of nitrogens with two attached hydrogens (primary N) is 1. The summed E-state index contributed by atoms with van der Waals surface area (Å²) in [6.45, 7) is 1.23. The van der Waals surface area contributed by atoms with E-state index < -0.39 is 18.4 Å². The van der Waals surface area contributed by atoms with Crippen molar-refractivity contribution in [1.82, 2.24) is 19.5 Å². The third-order valence-corrected chi connectivity index (χ3v) is 3.54. The standard InChI is InChI=1S/C12H15N5O4/c1-5-12(20)17(8-2-6(19)7(3-18)21-8)11-9(16-5)10(13)14-4-15-11/h4,6-8,18-19H,2-3H2,1H3,(H2,13,14,15)/t6-,7-,8-/m1/s1. The quantitative estimate of drug-likeness (QED) is 0.622. The molecule has 3 heterocycles. The Balaban J connectivity index is 2.21. The fourth-order valence-corrected chi connectivity index (χ4v) is 2.46. The Labute approximate surface area is 119 Å². The summed E-state index contributed by atoms with van der Waals surface area (Å²) in [5, 5.41) is 19.0. The zero-order valence-corrected chi connectivity index (χ0v) is 11.3. The molecule has 0 saturated carbocycles. The first-order valence-corrected chi connectivity index (χ1v) is 6.46. The zero-order valence-electron chi connectivity index (χ0n) is 11.3. The van der Waals surface area contributed by atoms with Crippen LogP contribution in [0.25, 0.3) is 11.2 Å². The molecule has 21 heavy (non-hydrogen) atoms. The monoisotopic (exact) mass is 293 g/mol. The maximum absolute atomic E-state index is 12.4. The van der Waals surface area contributed by atoms with Crippen molar-refractivity contribution in [3.05, 3.63) is 22.4 Å². The molecule has 1 aliphatic rings. The lowest BCUT2D eigenvalue weighted by Crippen LogP contribution is -2.29. The van der Waals surface area contributed by atoms with E-state index in [-0.39, 0.29) is 35.7 Å². The van der Waals surface area contributed by atoms with E-state index in [4.69, 9.17) is 15.6 Å². The second-order valence-electron chi connectivity index (χ2n) is 4.92. The minimum Gasteiger partial charge on any atom is -0.394 e. The first-order chi connectivity index (χ1) is 10.0. The third-order valence-electron chi connectivity index (χ3n) is 3.54. The number of hydrogen-bond donors (Lipinski definition) is 3. The molecule has 112 valence electrons. The van der Waals surface area contributed by atoms with E-state index in [0.717, 1.165) is 0 Å². The summed E-state index contributed by atoms with van der Waals surface area (Å²) in [4.78, 5) is 24.4. The van der Waals surface area contributed by atoms with Gasteiger partial charge in [0.25, 0.3) is 5.56 Å². The van der Waals surface area contributed by atoms with Gasteiger partial charge in [-0.05, 0) is 6.92 Å². The van der Waals surface area contributed by atoms with E-state index >= 15 is 0 Å². The van der Waals surface area contributed by atoms with Crippen LogP contribution in [0.4, 0.5) is 5.82 Å². The van der Waals surface area contributed by atoms with Crippen molar-refractivity contribution in [2.45, 2.75) is 31.8 Å². The lowest BCUT2D eigenvalue weighted by atomic mass is 10.2. The van der Waals surface area contributed by atoms with Crippen LogP contribution in [0.15, 0.2) is 11.1 Å². The van der Waals surface area contributed by atoms with E-state index in [2.05, 4.69) is 15.0 Å². The Morgan fingerprint density at radius 3 is 2.95 bits per heavy atom. The molecule has 0 unspecified atom stereocenters. The Kier molecular flexibility index (Phi) is 3.32. The second-order valence-corrected chi connectivity index (χ2v) is 4.92. The highest BCUT2D eigenvalue weighted by atomic mass is 16.5. The van der Waals surface area contributed by atoms with Gasteiger partial charge < -0.3 is 20.7 Å². The molecular formula is C12H15N5O4. The molecule has 3 atom stereocenters. The summed E-state index contributed by atoms with van der Waals surface area (Å²) in [6, 6.07) is 0. The van der Waals surface area contributed by atoms with Gasteiger partial charge in [0.2, 0.25) is 0 Å². The number of aryl methyl sites for hydroxylation is 1. The number of anilines is 1. The predicted molar refractivity (Wildman–Crippen MR) is 72.4 cm³/mol. The van der Waals surface area contributed by atoms with E-state index in [9.17, 15) is 9.90 Å². The number of fused-ring (bicyclic) bond motifs is 1. The fraction of sp³-hybridized carbons (Fsp3) is 0.500. The van der Waals surface area contributed by atoms with Crippen LogP contribution in [0.2, 0.25) is 0 Å². The highest BCUT2D eigenvalue weighted by molar-refractivity contribution is 5.80. The molecule has 0 bridgehead atoms. The van der Waals surface area contributed by atoms with E-state index in [1.165, 1.54) is 10.9 Å². The molecular weight excluding hydrogens is 278 g/mol. The SMILES string of the molecule is Cc1nc2c(N)ncnc2n([C@H]2C[C@@H](O)[C@@H](CO)O2)c1=O. The van der Waals surface area contributed by atoms with Gasteiger partial charge in [0.15, 0.2) is 11.5 Å². The van der Waals surface area contributed by atoms with Gasteiger partial charge >= 0.3 is 0 Å². The minimum absolute atomic E-state index is 0.161. The predicted octanol–water partition coefficient (Wildman–Crippen LogP) is -1.28. The van der Waals surface area contributed by atoms with Gasteiger partial charge in [-0.1, -0.05) is 0 Å².